The Bertz CT molecular complexity index is 1260. The van der Waals surface area contributed by atoms with E-state index in [-0.39, 0.29) is 43.3 Å². The first-order valence-electron chi connectivity index (χ1n) is 14.1. The van der Waals surface area contributed by atoms with Crippen molar-refractivity contribution < 1.29 is 33.0 Å². The van der Waals surface area contributed by atoms with Crippen LogP contribution in [-0.4, -0.2) is 71.5 Å². The summed E-state index contributed by atoms with van der Waals surface area (Å²) in [4.78, 5) is 43.7. The van der Waals surface area contributed by atoms with Crippen LogP contribution in [-0.2, 0) is 31.8 Å². The molecule has 42 heavy (non-hydrogen) atoms. The molecule has 0 saturated carbocycles. The van der Waals surface area contributed by atoms with Crippen LogP contribution in [0.3, 0.4) is 0 Å². The summed E-state index contributed by atoms with van der Waals surface area (Å²) in [5.74, 6) is -0.360. The number of nitrogens with zero attached hydrogens (tertiary/aromatic N) is 2. The fourth-order valence-corrected chi connectivity index (χ4v) is 4.58. The predicted molar refractivity (Wildman–Crippen MR) is 157 cm³/mol. The molecule has 2 N–H and O–H groups in total. The van der Waals surface area contributed by atoms with Crippen LogP contribution in [0.5, 0.6) is 0 Å². The first-order chi connectivity index (χ1) is 19.6. The second-order valence-electron chi connectivity index (χ2n) is 12.6. The van der Waals surface area contributed by atoms with Crippen LogP contribution in [0.25, 0.3) is 0 Å². The molecule has 10 nitrogen and oxygen atoms in total. The zero-order chi connectivity index (χ0) is 31.1. The highest BCUT2D eigenvalue weighted by atomic mass is 19.1. The van der Waals surface area contributed by atoms with Gasteiger partial charge in [-0.1, -0.05) is 12.1 Å². The molecule has 0 aliphatic carbocycles. The number of anilines is 1. The van der Waals surface area contributed by atoms with Gasteiger partial charge in [0.25, 0.3) is 0 Å². The van der Waals surface area contributed by atoms with Gasteiger partial charge in [-0.15, -0.1) is 0 Å². The number of pyridine rings is 1. The third-order valence-electron chi connectivity index (χ3n) is 6.17. The van der Waals surface area contributed by atoms with E-state index in [2.05, 4.69) is 15.6 Å². The maximum atomic E-state index is 13.4. The number of nitrogens with one attached hydrogen (secondary N) is 2. The lowest BCUT2D eigenvalue weighted by Gasteiger charge is -2.24. The summed E-state index contributed by atoms with van der Waals surface area (Å²) >= 11 is 0. The van der Waals surface area contributed by atoms with Gasteiger partial charge < -0.3 is 24.4 Å². The van der Waals surface area contributed by atoms with Gasteiger partial charge in [-0.25, -0.2) is 19.0 Å². The molecule has 230 valence electrons. The van der Waals surface area contributed by atoms with Gasteiger partial charge in [0.2, 0.25) is 5.91 Å². The molecule has 2 unspecified atom stereocenters. The lowest BCUT2D eigenvalue weighted by atomic mass is 9.99. The van der Waals surface area contributed by atoms with Gasteiger partial charge in [-0.05, 0) is 90.3 Å². The minimum absolute atomic E-state index is 0.0644. The zero-order valence-corrected chi connectivity index (χ0v) is 25.6. The summed E-state index contributed by atoms with van der Waals surface area (Å²) in [7, 11) is 0. The van der Waals surface area contributed by atoms with Gasteiger partial charge in [0.15, 0.2) is 0 Å². The highest BCUT2D eigenvalue weighted by Crippen LogP contribution is 2.26. The van der Waals surface area contributed by atoms with Gasteiger partial charge in [-0.2, -0.15) is 0 Å². The van der Waals surface area contributed by atoms with Gasteiger partial charge in [0.05, 0.1) is 25.7 Å². The Morgan fingerprint density at radius 3 is 2.40 bits per heavy atom. The summed E-state index contributed by atoms with van der Waals surface area (Å²) in [6, 6.07) is 9.62. The van der Waals surface area contributed by atoms with E-state index >= 15 is 0 Å². The van der Waals surface area contributed by atoms with Crippen molar-refractivity contribution in [1.29, 1.82) is 0 Å². The molecule has 1 aliphatic heterocycles. The number of hydrogen-bond acceptors (Lipinski definition) is 7. The summed E-state index contributed by atoms with van der Waals surface area (Å²) in [5, 5.41) is 5.49. The molecule has 1 fully saturated rings. The van der Waals surface area contributed by atoms with Crippen LogP contribution in [0, 0.1) is 18.7 Å². The van der Waals surface area contributed by atoms with E-state index in [1.165, 1.54) is 12.1 Å². The second-order valence-corrected chi connectivity index (χ2v) is 12.6. The average molecular weight is 587 g/mol. The van der Waals surface area contributed by atoms with Crippen LogP contribution >= 0.6 is 0 Å². The molecule has 0 spiro atoms. The normalized spacial score (nSPS) is 17.1. The quantitative estimate of drug-likeness (QED) is 0.396. The summed E-state index contributed by atoms with van der Waals surface area (Å²) < 4.78 is 30.5. The Balaban J connectivity index is 1.64. The number of carbonyl (C=O) groups is 3. The van der Waals surface area contributed by atoms with E-state index in [0.29, 0.717) is 30.9 Å². The zero-order valence-electron chi connectivity index (χ0n) is 25.6. The maximum Gasteiger partial charge on any atom is 0.413 e. The van der Waals surface area contributed by atoms with Crippen molar-refractivity contribution in [3.8, 4) is 0 Å². The van der Waals surface area contributed by atoms with Crippen molar-refractivity contribution in [3.05, 3.63) is 59.0 Å². The van der Waals surface area contributed by atoms with Crippen molar-refractivity contribution in [2.45, 2.75) is 78.6 Å². The van der Waals surface area contributed by atoms with Crippen molar-refractivity contribution in [2.75, 3.05) is 31.6 Å². The average Bonchev–Trinajstić information content (AvgIpc) is 3.22. The van der Waals surface area contributed by atoms with Crippen LogP contribution in [0.1, 0.15) is 58.4 Å². The van der Waals surface area contributed by atoms with Gasteiger partial charge in [-0.3, -0.25) is 10.1 Å². The molecule has 1 aliphatic rings. The second kappa shape index (κ2) is 14.0. The van der Waals surface area contributed by atoms with Crippen LogP contribution < -0.4 is 10.6 Å². The Hall–Kier alpha value is -3.73. The SMILES string of the molecule is Cc1cc(CC2CN(C(=O)OC(C)(C)C)CC2OCCNC(=O)Cc2cccc(F)c2)nc(NC(=O)OC(C)(C)C)c1. The number of aryl methyl sites for hydroxylation is 1. The number of likely N-dealkylation sites (tertiary alicyclic amines) is 1. The van der Waals surface area contributed by atoms with Gasteiger partial charge in [0.1, 0.15) is 22.8 Å². The number of benzene rings is 1. The number of rotatable bonds is 9. The molecule has 1 aromatic heterocycles. The van der Waals surface area contributed by atoms with Crippen LogP contribution in [0.15, 0.2) is 36.4 Å². The monoisotopic (exact) mass is 586 g/mol. The number of ether oxygens (including phenoxy) is 3. The third kappa shape index (κ3) is 11.3. The Kier molecular flexibility index (Phi) is 10.9. The fourth-order valence-electron chi connectivity index (χ4n) is 4.58. The molecule has 1 saturated heterocycles. The Morgan fingerprint density at radius 1 is 1.02 bits per heavy atom. The molecule has 1 aromatic carbocycles. The fraction of sp³-hybridized carbons (Fsp3) is 0.548. The molecule has 3 rings (SSSR count). The Morgan fingerprint density at radius 2 is 1.74 bits per heavy atom. The first-order valence-corrected chi connectivity index (χ1v) is 14.1. The van der Waals surface area contributed by atoms with E-state index in [4.69, 9.17) is 14.2 Å². The summed E-state index contributed by atoms with van der Waals surface area (Å²) in [6.45, 7) is 13.9. The topological polar surface area (TPSA) is 119 Å². The summed E-state index contributed by atoms with van der Waals surface area (Å²) in [6.07, 6.45) is -0.798. The van der Waals surface area contributed by atoms with E-state index in [0.717, 1.165) is 11.3 Å². The third-order valence-corrected chi connectivity index (χ3v) is 6.17. The van der Waals surface area contributed by atoms with Crippen molar-refractivity contribution in [3.63, 3.8) is 0 Å². The molecular weight excluding hydrogens is 543 g/mol. The number of halogens is 1. The first kappa shape index (κ1) is 32.8. The number of hydrogen-bond donors (Lipinski definition) is 2. The molecule has 2 heterocycles. The van der Waals surface area contributed by atoms with Gasteiger partial charge >= 0.3 is 12.2 Å². The van der Waals surface area contributed by atoms with E-state index in [1.54, 1.807) is 43.9 Å². The molecule has 2 aromatic rings. The molecule has 0 bridgehead atoms. The molecular formula is C31H43FN4O6. The number of amides is 3. The molecule has 3 amide bonds. The summed E-state index contributed by atoms with van der Waals surface area (Å²) in [5.41, 5.74) is 0.941. The maximum absolute atomic E-state index is 13.4. The van der Waals surface area contributed by atoms with Crippen molar-refractivity contribution >= 4 is 23.9 Å². The highest BCUT2D eigenvalue weighted by Gasteiger charge is 2.38. The standard InChI is InChI=1S/C31H43FN4O6/c1-20-13-24(34-26(14-20)35-28(38)41-30(2,3)4)17-22-18-36(29(39)42-31(5,6)7)19-25(22)40-12-11-33-27(37)16-21-9-8-10-23(32)15-21/h8-10,13-15,22,25H,11-12,16-19H2,1-7H3,(H,33,37)(H,34,35,38). The van der Waals surface area contributed by atoms with Gasteiger partial charge in [0, 0.05) is 24.7 Å². The van der Waals surface area contributed by atoms with E-state index < -0.39 is 23.4 Å². The molecule has 2 atom stereocenters. The van der Waals surface area contributed by atoms with Crippen LogP contribution in [0.2, 0.25) is 0 Å². The van der Waals surface area contributed by atoms with Crippen LogP contribution in [0.4, 0.5) is 19.8 Å². The van der Waals surface area contributed by atoms with Crippen molar-refractivity contribution in [2.24, 2.45) is 5.92 Å². The predicted octanol–water partition coefficient (Wildman–Crippen LogP) is 5.03. The Labute approximate surface area is 247 Å². The molecule has 0 radical (unpaired) electrons. The largest absolute Gasteiger partial charge is 0.444 e. The highest BCUT2D eigenvalue weighted by molar-refractivity contribution is 5.83. The lowest BCUT2D eigenvalue weighted by molar-refractivity contribution is -0.120. The minimum Gasteiger partial charge on any atom is -0.444 e. The lowest BCUT2D eigenvalue weighted by Crippen LogP contribution is -2.36. The smallest absolute Gasteiger partial charge is 0.413 e. The number of aromatic nitrogens is 1. The number of carbonyl (C=O) groups excluding carboxylic acids is 3. The van der Waals surface area contributed by atoms with Crippen molar-refractivity contribution in [1.82, 2.24) is 15.2 Å². The minimum atomic E-state index is -0.644. The van der Waals surface area contributed by atoms with E-state index in [1.807, 2.05) is 33.8 Å². The van der Waals surface area contributed by atoms with E-state index in [9.17, 15) is 18.8 Å². The molecule has 11 heteroatoms.